The van der Waals surface area contributed by atoms with Crippen molar-refractivity contribution in [3.8, 4) is 0 Å². The van der Waals surface area contributed by atoms with E-state index in [4.69, 9.17) is 9.47 Å². The number of carbonyl (C=O) groups excluding carboxylic acids is 1. The molecule has 0 radical (unpaired) electrons. The third kappa shape index (κ3) is 4.25. The van der Waals surface area contributed by atoms with Crippen molar-refractivity contribution in [1.82, 2.24) is 0 Å². The quantitative estimate of drug-likeness (QED) is 0.420. The Morgan fingerprint density at radius 3 is 2.66 bits per heavy atom. The summed E-state index contributed by atoms with van der Waals surface area (Å²) >= 11 is 0. The summed E-state index contributed by atoms with van der Waals surface area (Å²) in [6.07, 6.45) is 15.6. The fourth-order valence-corrected chi connectivity index (χ4v) is 7.29. The van der Waals surface area contributed by atoms with Crippen LogP contribution in [0.15, 0.2) is 35.5 Å². The lowest BCUT2D eigenvalue weighted by Gasteiger charge is -2.53. The molecule has 1 N–H and O–H groups in total. The van der Waals surface area contributed by atoms with Gasteiger partial charge in [-0.3, -0.25) is 4.79 Å². The zero-order valence-electron chi connectivity index (χ0n) is 20.8. The summed E-state index contributed by atoms with van der Waals surface area (Å²) in [5.74, 6) is 1.51. The highest BCUT2D eigenvalue weighted by Crippen LogP contribution is 2.64. The van der Waals surface area contributed by atoms with Crippen molar-refractivity contribution in [1.29, 1.82) is 0 Å². The number of rotatable bonds is 6. The van der Waals surface area contributed by atoms with Crippen LogP contribution in [0.25, 0.3) is 0 Å². The third-order valence-corrected chi connectivity index (χ3v) is 9.14. The standard InChI is InChI=1S/C28H42O4/c1-18(31-16-15-26(3,4)30)23-9-10-24-22-8-7-20-17-21(32-19(2)29)11-13-27(20,5)25(22)12-14-28(23,24)6/h7-8,11,13,18,21,23-25,30H,9-10,12,14-17H2,1-6H3/t18-,21-,23+,24-,25-,27-,28+/m0/s1. The summed E-state index contributed by atoms with van der Waals surface area (Å²) in [5, 5.41) is 10.0. The molecule has 0 saturated heterocycles. The molecule has 0 spiro atoms. The Morgan fingerprint density at radius 2 is 1.97 bits per heavy atom. The molecule has 0 amide bonds. The van der Waals surface area contributed by atoms with Crippen LogP contribution in [0.2, 0.25) is 0 Å². The van der Waals surface area contributed by atoms with Gasteiger partial charge in [-0.2, -0.15) is 0 Å². The summed E-state index contributed by atoms with van der Waals surface area (Å²) < 4.78 is 11.7. The molecule has 4 heteroatoms. The molecular weight excluding hydrogens is 400 g/mol. The molecule has 0 aromatic heterocycles. The zero-order valence-corrected chi connectivity index (χ0v) is 20.8. The lowest BCUT2D eigenvalue weighted by molar-refractivity contribution is -0.144. The van der Waals surface area contributed by atoms with Gasteiger partial charge in [0.15, 0.2) is 0 Å². The summed E-state index contributed by atoms with van der Waals surface area (Å²) in [7, 11) is 0. The van der Waals surface area contributed by atoms with Crippen LogP contribution >= 0.6 is 0 Å². The summed E-state index contributed by atoms with van der Waals surface area (Å²) in [6.45, 7) is 12.9. The molecule has 178 valence electrons. The van der Waals surface area contributed by atoms with E-state index in [0.717, 1.165) is 6.42 Å². The van der Waals surface area contributed by atoms with Crippen LogP contribution < -0.4 is 0 Å². The monoisotopic (exact) mass is 442 g/mol. The Kier molecular flexibility index (Phi) is 6.26. The van der Waals surface area contributed by atoms with Crippen LogP contribution in [0.4, 0.5) is 0 Å². The normalized spacial score (nSPS) is 39.3. The van der Waals surface area contributed by atoms with E-state index < -0.39 is 5.60 Å². The molecule has 32 heavy (non-hydrogen) atoms. The van der Waals surface area contributed by atoms with Crippen molar-refractivity contribution in [3.63, 3.8) is 0 Å². The van der Waals surface area contributed by atoms with Gasteiger partial charge in [0.1, 0.15) is 6.10 Å². The molecule has 4 nitrogen and oxygen atoms in total. The Hall–Kier alpha value is -1.39. The van der Waals surface area contributed by atoms with Crippen molar-refractivity contribution in [2.75, 3.05) is 6.61 Å². The predicted molar refractivity (Wildman–Crippen MR) is 127 cm³/mol. The maximum atomic E-state index is 11.4. The lowest BCUT2D eigenvalue weighted by Crippen LogP contribution is -2.46. The van der Waals surface area contributed by atoms with E-state index in [1.807, 2.05) is 13.8 Å². The highest BCUT2D eigenvalue weighted by atomic mass is 16.5. The number of esters is 1. The minimum Gasteiger partial charge on any atom is -0.458 e. The SMILES string of the molecule is CC(=O)O[C@H]1C=C[C@@]2(C)C(=CC=C3[C@@H]4CC[C@H]([C@H](C)OCCC(C)(C)O)[C@@]4(C)CC[C@@H]32)C1. The molecule has 4 rings (SSSR count). The van der Waals surface area contributed by atoms with Crippen LogP contribution in [0.3, 0.4) is 0 Å². The van der Waals surface area contributed by atoms with Gasteiger partial charge >= 0.3 is 5.97 Å². The molecule has 2 fully saturated rings. The van der Waals surface area contributed by atoms with Crippen molar-refractivity contribution < 1.29 is 19.4 Å². The van der Waals surface area contributed by atoms with Crippen molar-refractivity contribution >= 4 is 5.97 Å². The highest BCUT2D eigenvalue weighted by Gasteiger charge is 2.56. The van der Waals surface area contributed by atoms with E-state index in [9.17, 15) is 9.90 Å². The molecule has 4 aliphatic rings. The molecule has 0 aliphatic heterocycles. The highest BCUT2D eigenvalue weighted by molar-refractivity contribution is 5.66. The summed E-state index contributed by atoms with van der Waals surface area (Å²) in [6, 6.07) is 0. The maximum Gasteiger partial charge on any atom is 0.303 e. The first-order valence-electron chi connectivity index (χ1n) is 12.6. The third-order valence-electron chi connectivity index (χ3n) is 9.14. The smallest absolute Gasteiger partial charge is 0.303 e. The van der Waals surface area contributed by atoms with Crippen molar-refractivity contribution in [3.05, 3.63) is 35.5 Å². The van der Waals surface area contributed by atoms with Crippen molar-refractivity contribution in [2.45, 2.75) is 97.9 Å². The first-order chi connectivity index (χ1) is 14.9. The van der Waals surface area contributed by atoms with E-state index in [1.54, 1.807) is 5.57 Å². The van der Waals surface area contributed by atoms with Gasteiger partial charge in [-0.15, -0.1) is 0 Å². The van der Waals surface area contributed by atoms with Crippen molar-refractivity contribution in [2.24, 2.45) is 28.6 Å². The van der Waals surface area contributed by atoms with Gasteiger partial charge in [-0.25, -0.2) is 0 Å². The second-order valence-corrected chi connectivity index (χ2v) is 11.8. The first-order valence-corrected chi connectivity index (χ1v) is 12.6. The van der Waals surface area contributed by atoms with Gasteiger partial charge in [-0.05, 0) is 82.1 Å². The number of ether oxygens (including phenoxy) is 2. The van der Waals surface area contributed by atoms with E-state index in [1.165, 1.54) is 38.2 Å². The molecule has 0 aromatic carbocycles. The molecule has 0 unspecified atom stereocenters. The molecule has 4 aliphatic carbocycles. The number of hydrogen-bond donors (Lipinski definition) is 1. The minimum atomic E-state index is -0.672. The second kappa shape index (κ2) is 8.43. The van der Waals surface area contributed by atoms with Crippen LogP contribution in [0.5, 0.6) is 0 Å². The number of carbonyl (C=O) groups is 1. The molecule has 7 atom stereocenters. The van der Waals surface area contributed by atoms with E-state index in [2.05, 4.69) is 45.1 Å². The minimum absolute atomic E-state index is 0.0367. The van der Waals surface area contributed by atoms with E-state index in [-0.39, 0.29) is 29.0 Å². The van der Waals surface area contributed by atoms with Gasteiger partial charge in [0.05, 0.1) is 11.7 Å². The number of hydrogen-bond acceptors (Lipinski definition) is 4. The maximum absolute atomic E-state index is 11.4. The number of aliphatic hydroxyl groups is 1. The summed E-state index contributed by atoms with van der Waals surface area (Å²) in [5.41, 5.74) is 2.67. The molecule has 0 heterocycles. The van der Waals surface area contributed by atoms with Crippen LogP contribution in [0, 0.1) is 28.6 Å². The van der Waals surface area contributed by atoms with E-state index >= 15 is 0 Å². The summed E-state index contributed by atoms with van der Waals surface area (Å²) in [4.78, 5) is 11.4. The Bertz CT molecular complexity index is 831. The van der Waals surface area contributed by atoms with Crippen LogP contribution in [-0.2, 0) is 14.3 Å². The Balaban J connectivity index is 1.51. The zero-order chi connectivity index (χ0) is 23.3. The Morgan fingerprint density at radius 1 is 1.22 bits per heavy atom. The molecule has 0 bridgehead atoms. The van der Waals surface area contributed by atoms with Gasteiger partial charge < -0.3 is 14.6 Å². The first kappa shape index (κ1) is 23.8. The fraction of sp³-hybridized carbons (Fsp3) is 0.750. The average molecular weight is 443 g/mol. The number of fused-ring (bicyclic) bond motifs is 5. The van der Waals surface area contributed by atoms with Crippen LogP contribution in [-0.4, -0.2) is 35.5 Å². The van der Waals surface area contributed by atoms with Gasteiger partial charge in [0.2, 0.25) is 0 Å². The average Bonchev–Trinajstić information content (AvgIpc) is 3.04. The van der Waals surface area contributed by atoms with Crippen LogP contribution in [0.1, 0.15) is 80.1 Å². The van der Waals surface area contributed by atoms with Gasteiger partial charge in [-0.1, -0.05) is 43.2 Å². The van der Waals surface area contributed by atoms with E-state index in [0.29, 0.717) is 30.8 Å². The Labute approximate surface area is 194 Å². The topological polar surface area (TPSA) is 55.8 Å². The number of allylic oxidation sites excluding steroid dienone is 4. The molecular formula is C28H42O4. The molecule has 0 aromatic rings. The fourth-order valence-electron chi connectivity index (χ4n) is 7.29. The largest absolute Gasteiger partial charge is 0.458 e. The van der Waals surface area contributed by atoms with Gasteiger partial charge in [0.25, 0.3) is 0 Å². The second-order valence-electron chi connectivity index (χ2n) is 11.8. The lowest BCUT2D eigenvalue weighted by atomic mass is 9.51. The van der Waals surface area contributed by atoms with Gasteiger partial charge in [0, 0.05) is 25.4 Å². The predicted octanol–water partition coefficient (Wildman–Crippen LogP) is 5.76. The molecule has 2 saturated carbocycles.